The molecule has 0 aliphatic rings. The molecule has 0 aliphatic carbocycles. The van der Waals surface area contributed by atoms with Gasteiger partial charge in [-0.1, -0.05) is 13.5 Å². The van der Waals surface area contributed by atoms with Crippen LogP contribution in [0.2, 0.25) is 39.3 Å². The summed E-state index contributed by atoms with van der Waals surface area (Å²) in [5.41, 5.74) is 0.951. The molecule has 0 amide bonds. The zero-order chi connectivity index (χ0) is 15.3. The molecule has 3 nitrogen and oxygen atoms in total. The van der Waals surface area contributed by atoms with Crippen LogP contribution in [0.5, 0.6) is 0 Å². The molecule has 0 spiro atoms. The SMILES string of the molecule is C=C(O[Si](C)(C)C)/C(CC)=C(\OCC)O[Si](C)(C)C. The van der Waals surface area contributed by atoms with E-state index in [2.05, 4.69) is 52.8 Å². The normalized spacial score (nSPS) is 13.7. The Bertz CT molecular complexity index is 336. The van der Waals surface area contributed by atoms with Crippen LogP contribution >= 0.6 is 0 Å². The Morgan fingerprint density at radius 2 is 1.37 bits per heavy atom. The van der Waals surface area contributed by atoms with Gasteiger partial charge in [-0.15, -0.1) is 0 Å². The van der Waals surface area contributed by atoms with Gasteiger partial charge in [-0.2, -0.15) is 0 Å². The van der Waals surface area contributed by atoms with Crippen LogP contribution < -0.4 is 0 Å². The molecule has 0 heterocycles. The molecule has 0 rings (SSSR count). The summed E-state index contributed by atoms with van der Waals surface area (Å²) < 4.78 is 17.7. The van der Waals surface area contributed by atoms with Gasteiger partial charge in [0.2, 0.25) is 16.6 Å². The molecule has 0 radical (unpaired) electrons. The van der Waals surface area contributed by atoms with E-state index in [4.69, 9.17) is 13.6 Å². The largest absolute Gasteiger partial charge is 0.544 e. The first-order valence-corrected chi connectivity index (χ1v) is 13.7. The van der Waals surface area contributed by atoms with Crippen molar-refractivity contribution < 1.29 is 13.6 Å². The zero-order valence-electron chi connectivity index (χ0n) is 13.8. The second-order valence-corrected chi connectivity index (χ2v) is 15.3. The molecule has 0 fully saturated rings. The summed E-state index contributed by atoms with van der Waals surface area (Å²) >= 11 is 0. The van der Waals surface area contributed by atoms with Gasteiger partial charge in [0, 0.05) is 0 Å². The summed E-state index contributed by atoms with van der Waals surface area (Å²) in [5, 5.41) is 0. The summed E-state index contributed by atoms with van der Waals surface area (Å²) in [7, 11) is -3.37. The first-order valence-electron chi connectivity index (χ1n) is 6.93. The highest BCUT2D eigenvalue weighted by Crippen LogP contribution is 2.25. The number of hydrogen-bond acceptors (Lipinski definition) is 3. The molecular formula is C14H30O3Si2. The number of hydrogen-bond donors (Lipinski definition) is 0. The first-order chi connectivity index (χ1) is 8.50. The average Bonchev–Trinajstić information content (AvgIpc) is 2.13. The second-order valence-electron chi connectivity index (χ2n) is 6.40. The minimum Gasteiger partial charge on any atom is -0.544 e. The molecule has 5 heteroatoms. The molecule has 0 aromatic rings. The Hall–Kier alpha value is -0.686. The monoisotopic (exact) mass is 302 g/mol. The number of allylic oxidation sites excluding steroid dienone is 1. The molecule has 0 atom stereocenters. The van der Waals surface area contributed by atoms with Crippen molar-refractivity contribution in [1.82, 2.24) is 0 Å². The van der Waals surface area contributed by atoms with Crippen molar-refractivity contribution in [3.8, 4) is 0 Å². The van der Waals surface area contributed by atoms with Crippen LogP contribution in [-0.4, -0.2) is 23.2 Å². The van der Waals surface area contributed by atoms with Gasteiger partial charge in [0.15, 0.2) is 0 Å². The van der Waals surface area contributed by atoms with E-state index < -0.39 is 16.6 Å². The van der Waals surface area contributed by atoms with Crippen LogP contribution in [0.15, 0.2) is 23.9 Å². The molecule has 19 heavy (non-hydrogen) atoms. The number of rotatable bonds is 8. The molecule has 0 bridgehead atoms. The van der Waals surface area contributed by atoms with Gasteiger partial charge in [-0.3, -0.25) is 0 Å². The lowest BCUT2D eigenvalue weighted by molar-refractivity contribution is 0.106. The van der Waals surface area contributed by atoms with Crippen molar-refractivity contribution in [2.24, 2.45) is 0 Å². The van der Waals surface area contributed by atoms with Gasteiger partial charge in [-0.25, -0.2) is 0 Å². The van der Waals surface area contributed by atoms with E-state index in [0.717, 1.165) is 12.0 Å². The Morgan fingerprint density at radius 1 is 0.895 bits per heavy atom. The Balaban J connectivity index is 5.27. The van der Waals surface area contributed by atoms with E-state index in [0.29, 0.717) is 18.3 Å². The van der Waals surface area contributed by atoms with Crippen LogP contribution in [0.25, 0.3) is 0 Å². The van der Waals surface area contributed by atoms with E-state index in [9.17, 15) is 0 Å². The lowest BCUT2D eigenvalue weighted by atomic mass is 10.2. The molecule has 0 aromatic heterocycles. The van der Waals surface area contributed by atoms with E-state index in [1.54, 1.807) is 0 Å². The summed E-state index contributed by atoms with van der Waals surface area (Å²) in [4.78, 5) is 0. The van der Waals surface area contributed by atoms with Crippen LogP contribution in [0.4, 0.5) is 0 Å². The molecule has 0 aliphatic heterocycles. The fourth-order valence-electron chi connectivity index (χ4n) is 1.47. The van der Waals surface area contributed by atoms with Crippen molar-refractivity contribution in [3.63, 3.8) is 0 Å². The van der Waals surface area contributed by atoms with Crippen molar-refractivity contribution in [3.05, 3.63) is 23.9 Å². The lowest BCUT2D eigenvalue weighted by Crippen LogP contribution is -2.28. The summed E-state index contributed by atoms with van der Waals surface area (Å²) in [5.74, 6) is 1.30. The Morgan fingerprint density at radius 3 is 1.68 bits per heavy atom. The predicted octanol–water partition coefficient (Wildman–Crippen LogP) is 4.86. The van der Waals surface area contributed by atoms with Gasteiger partial charge < -0.3 is 13.6 Å². The predicted molar refractivity (Wildman–Crippen MR) is 86.9 cm³/mol. The molecule has 0 N–H and O–H groups in total. The molecule has 0 saturated carbocycles. The third-order valence-corrected chi connectivity index (χ3v) is 3.70. The highest BCUT2D eigenvalue weighted by molar-refractivity contribution is 6.70. The maximum atomic E-state index is 6.04. The zero-order valence-corrected chi connectivity index (χ0v) is 15.8. The maximum absolute atomic E-state index is 6.04. The lowest BCUT2D eigenvalue weighted by Gasteiger charge is -2.27. The van der Waals surface area contributed by atoms with Crippen molar-refractivity contribution in [2.45, 2.75) is 59.6 Å². The summed E-state index contributed by atoms with van der Waals surface area (Å²) in [6.45, 7) is 21.5. The third kappa shape index (κ3) is 8.15. The van der Waals surface area contributed by atoms with Crippen molar-refractivity contribution in [1.29, 1.82) is 0 Å². The first kappa shape index (κ1) is 18.3. The third-order valence-electron chi connectivity index (χ3n) is 2.04. The summed E-state index contributed by atoms with van der Waals surface area (Å²) in [6.07, 6.45) is 0.795. The smallest absolute Gasteiger partial charge is 0.272 e. The fraction of sp³-hybridized carbons (Fsp3) is 0.714. The molecule has 0 aromatic carbocycles. The highest BCUT2D eigenvalue weighted by atomic mass is 28.4. The average molecular weight is 303 g/mol. The quantitative estimate of drug-likeness (QED) is 0.364. The van der Waals surface area contributed by atoms with Crippen LogP contribution in [0, 0.1) is 0 Å². The van der Waals surface area contributed by atoms with E-state index in [-0.39, 0.29) is 0 Å². The van der Waals surface area contributed by atoms with Gasteiger partial charge >= 0.3 is 0 Å². The van der Waals surface area contributed by atoms with Gasteiger partial charge in [-0.05, 0) is 52.6 Å². The minimum absolute atomic E-state index is 0.587. The van der Waals surface area contributed by atoms with Crippen molar-refractivity contribution in [2.75, 3.05) is 6.61 Å². The second kappa shape index (κ2) is 7.19. The van der Waals surface area contributed by atoms with Gasteiger partial charge in [0.25, 0.3) is 5.95 Å². The summed E-state index contributed by atoms with van der Waals surface area (Å²) in [6, 6.07) is 0. The van der Waals surface area contributed by atoms with Crippen LogP contribution in [0.3, 0.4) is 0 Å². The molecule has 0 saturated heterocycles. The Kier molecular flexibility index (Phi) is 6.93. The van der Waals surface area contributed by atoms with Crippen LogP contribution in [-0.2, 0) is 13.6 Å². The van der Waals surface area contributed by atoms with Gasteiger partial charge in [0.05, 0.1) is 12.2 Å². The van der Waals surface area contributed by atoms with E-state index >= 15 is 0 Å². The topological polar surface area (TPSA) is 27.7 Å². The maximum Gasteiger partial charge on any atom is 0.272 e. The fourth-order valence-corrected chi connectivity index (χ4v) is 3.07. The van der Waals surface area contributed by atoms with E-state index in [1.807, 2.05) is 6.92 Å². The van der Waals surface area contributed by atoms with Crippen LogP contribution in [0.1, 0.15) is 20.3 Å². The Labute approximate surface area is 120 Å². The van der Waals surface area contributed by atoms with E-state index in [1.165, 1.54) is 0 Å². The van der Waals surface area contributed by atoms with Gasteiger partial charge in [0.1, 0.15) is 5.76 Å². The molecule has 112 valence electrons. The standard InChI is InChI=1S/C14H30O3Si2/c1-10-13(12(3)16-18(4,5)6)14(15-11-2)17-19(7,8)9/h3,10-11H2,1-2,4-9H3/b14-13+. The highest BCUT2D eigenvalue weighted by Gasteiger charge is 2.25. The minimum atomic E-state index is -1.71. The number of ether oxygens (including phenoxy) is 1. The molecular weight excluding hydrogens is 272 g/mol. The molecule has 0 unspecified atom stereocenters. The van der Waals surface area contributed by atoms with Crippen molar-refractivity contribution >= 4 is 16.6 Å².